The number of ether oxygens (including phenoxy) is 2. The summed E-state index contributed by atoms with van der Waals surface area (Å²) in [6, 6.07) is 8.99. The fraction of sp³-hybridized carbons (Fsp3) is 0.188. The molecule has 1 N–H and O–H groups in total. The number of thiophene rings is 1. The molecule has 0 fully saturated rings. The molecule has 3 rings (SSSR count). The van der Waals surface area contributed by atoms with Crippen LogP contribution in [0.1, 0.15) is 16.5 Å². The number of nitrogens with one attached hydrogen (secondary N) is 1. The van der Waals surface area contributed by atoms with Gasteiger partial charge in [-0.25, -0.2) is 0 Å². The SMILES string of the molecule is CNC1=C(c2cc(Cl)cc(OC)c2)C(=O)C(c2cccs2)O1. The van der Waals surface area contributed by atoms with E-state index in [4.69, 9.17) is 21.1 Å². The van der Waals surface area contributed by atoms with Crippen LogP contribution in [0.15, 0.2) is 41.6 Å². The van der Waals surface area contributed by atoms with E-state index in [2.05, 4.69) is 5.32 Å². The van der Waals surface area contributed by atoms with Gasteiger partial charge in [-0.15, -0.1) is 11.3 Å². The summed E-state index contributed by atoms with van der Waals surface area (Å²) >= 11 is 7.60. The maximum atomic E-state index is 12.8. The summed E-state index contributed by atoms with van der Waals surface area (Å²) in [7, 11) is 3.28. The van der Waals surface area contributed by atoms with Crippen molar-refractivity contribution in [3.63, 3.8) is 0 Å². The van der Waals surface area contributed by atoms with Crippen molar-refractivity contribution < 1.29 is 14.3 Å². The lowest BCUT2D eigenvalue weighted by Gasteiger charge is -2.08. The van der Waals surface area contributed by atoms with Gasteiger partial charge in [0.05, 0.1) is 17.6 Å². The normalized spacial score (nSPS) is 17.6. The van der Waals surface area contributed by atoms with Gasteiger partial charge in [0.2, 0.25) is 5.78 Å². The average molecular weight is 336 g/mol. The molecule has 0 spiro atoms. The molecule has 1 atom stereocenters. The van der Waals surface area contributed by atoms with Crippen LogP contribution in [0, 0.1) is 0 Å². The van der Waals surface area contributed by atoms with Crippen molar-refractivity contribution in [2.45, 2.75) is 6.10 Å². The molecule has 1 aromatic heterocycles. The van der Waals surface area contributed by atoms with Gasteiger partial charge in [-0.1, -0.05) is 17.7 Å². The highest BCUT2D eigenvalue weighted by Crippen LogP contribution is 2.39. The Morgan fingerprint density at radius 1 is 1.36 bits per heavy atom. The molecule has 2 aromatic rings. The summed E-state index contributed by atoms with van der Waals surface area (Å²) < 4.78 is 11.0. The van der Waals surface area contributed by atoms with Crippen LogP contribution >= 0.6 is 22.9 Å². The highest BCUT2D eigenvalue weighted by atomic mass is 35.5. The Kier molecular flexibility index (Phi) is 4.09. The fourth-order valence-corrected chi connectivity index (χ4v) is 3.36. The summed E-state index contributed by atoms with van der Waals surface area (Å²) in [4.78, 5) is 13.7. The second kappa shape index (κ2) is 6.02. The number of hydrogen-bond acceptors (Lipinski definition) is 5. The van der Waals surface area contributed by atoms with E-state index in [-0.39, 0.29) is 5.78 Å². The van der Waals surface area contributed by atoms with Gasteiger partial charge in [-0.05, 0) is 35.2 Å². The second-order valence-electron chi connectivity index (χ2n) is 4.71. The third-order valence-electron chi connectivity index (χ3n) is 3.37. The molecule has 1 aliphatic heterocycles. The Bertz CT molecular complexity index is 740. The number of rotatable bonds is 4. The minimum atomic E-state index is -0.609. The molecule has 0 aliphatic carbocycles. The van der Waals surface area contributed by atoms with Crippen molar-refractivity contribution in [2.24, 2.45) is 0 Å². The number of benzene rings is 1. The first-order chi connectivity index (χ1) is 10.6. The Labute approximate surface area is 137 Å². The van der Waals surface area contributed by atoms with Gasteiger partial charge in [0.15, 0.2) is 12.0 Å². The fourth-order valence-electron chi connectivity index (χ4n) is 2.38. The van der Waals surface area contributed by atoms with E-state index < -0.39 is 6.10 Å². The molecule has 0 radical (unpaired) electrons. The molecule has 4 nitrogen and oxygen atoms in total. The lowest BCUT2D eigenvalue weighted by molar-refractivity contribution is -0.120. The van der Waals surface area contributed by atoms with Crippen LogP contribution in [0.3, 0.4) is 0 Å². The van der Waals surface area contributed by atoms with Gasteiger partial charge >= 0.3 is 0 Å². The Hall–Kier alpha value is -1.98. The van der Waals surface area contributed by atoms with Gasteiger partial charge in [-0.2, -0.15) is 0 Å². The maximum Gasteiger partial charge on any atom is 0.214 e. The van der Waals surface area contributed by atoms with Crippen molar-refractivity contribution >= 4 is 34.3 Å². The summed E-state index contributed by atoms with van der Waals surface area (Å²) in [6.07, 6.45) is -0.609. The quantitative estimate of drug-likeness (QED) is 0.926. The summed E-state index contributed by atoms with van der Waals surface area (Å²) in [5, 5.41) is 5.38. The van der Waals surface area contributed by atoms with Crippen molar-refractivity contribution in [3.8, 4) is 5.75 Å². The first-order valence-electron chi connectivity index (χ1n) is 6.65. The predicted molar refractivity (Wildman–Crippen MR) is 87.1 cm³/mol. The minimum absolute atomic E-state index is 0.0869. The zero-order valence-corrected chi connectivity index (χ0v) is 13.6. The van der Waals surface area contributed by atoms with Crippen LogP contribution < -0.4 is 10.1 Å². The van der Waals surface area contributed by atoms with E-state index >= 15 is 0 Å². The maximum absolute atomic E-state index is 12.8. The van der Waals surface area contributed by atoms with E-state index in [0.717, 1.165) is 4.88 Å². The van der Waals surface area contributed by atoms with Crippen molar-refractivity contribution in [2.75, 3.05) is 14.2 Å². The highest BCUT2D eigenvalue weighted by molar-refractivity contribution is 7.10. The zero-order valence-electron chi connectivity index (χ0n) is 12.1. The molecule has 0 amide bonds. The molecule has 1 aliphatic rings. The number of halogens is 1. The molecule has 0 saturated heterocycles. The monoisotopic (exact) mass is 335 g/mol. The zero-order chi connectivity index (χ0) is 15.7. The molecular weight excluding hydrogens is 322 g/mol. The van der Waals surface area contributed by atoms with Gasteiger partial charge in [0.25, 0.3) is 0 Å². The van der Waals surface area contributed by atoms with Crippen LogP contribution in [0.2, 0.25) is 5.02 Å². The topological polar surface area (TPSA) is 47.6 Å². The standard InChI is InChI=1S/C16H14ClNO3S/c1-18-16-13(9-6-10(17)8-11(7-9)20-2)14(19)15(21-16)12-4-3-5-22-12/h3-8,15,18H,1-2H3. The third kappa shape index (κ3) is 2.58. The predicted octanol–water partition coefficient (Wildman–Crippen LogP) is 3.64. The van der Waals surface area contributed by atoms with E-state index in [1.807, 2.05) is 17.5 Å². The van der Waals surface area contributed by atoms with E-state index in [1.54, 1.807) is 32.4 Å². The van der Waals surface area contributed by atoms with Crippen molar-refractivity contribution in [1.82, 2.24) is 5.32 Å². The van der Waals surface area contributed by atoms with E-state index in [0.29, 0.717) is 27.8 Å². The molecule has 0 saturated carbocycles. The number of carbonyl (C=O) groups excluding carboxylic acids is 1. The summed E-state index contributed by atoms with van der Waals surface area (Å²) in [5.41, 5.74) is 1.17. The largest absolute Gasteiger partial charge is 0.497 e. The first kappa shape index (κ1) is 14.9. The van der Waals surface area contributed by atoms with Gasteiger partial charge in [-0.3, -0.25) is 4.79 Å². The van der Waals surface area contributed by atoms with Gasteiger partial charge < -0.3 is 14.8 Å². The molecular formula is C16H14ClNO3S. The highest BCUT2D eigenvalue weighted by Gasteiger charge is 2.37. The Morgan fingerprint density at radius 2 is 2.18 bits per heavy atom. The minimum Gasteiger partial charge on any atom is -0.497 e. The molecule has 114 valence electrons. The van der Waals surface area contributed by atoms with Crippen molar-refractivity contribution in [3.05, 3.63) is 57.1 Å². The average Bonchev–Trinajstić information content (AvgIpc) is 3.13. The number of methoxy groups -OCH3 is 1. The van der Waals surface area contributed by atoms with Gasteiger partial charge in [0.1, 0.15) is 5.75 Å². The Morgan fingerprint density at radius 3 is 2.82 bits per heavy atom. The number of hydrogen-bond donors (Lipinski definition) is 1. The van der Waals surface area contributed by atoms with Gasteiger partial charge in [0, 0.05) is 12.1 Å². The van der Waals surface area contributed by atoms with Crippen LogP contribution in [-0.2, 0) is 9.53 Å². The Balaban J connectivity index is 2.04. The third-order valence-corrected chi connectivity index (χ3v) is 4.51. The number of Topliss-reactive ketones (excluding diaryl/α,β-unsaturated/α-hetero) is 1. The lowest BCUT2D eigenvalue weighted by Crippen LogP contribution is -2.08. The van der Waals surface area contributed by atoms with Crippen LogP contribution in [0.25, 0.3) is 5.57 Å². The van der Waals surface area contributed by atoms with Crippen LogP contribution in [0.4, 0.5) is 0 Å². The van der Waals surface area contributed by atoms with Crippen molar-refractivity contribution in [1.29, 1.82) is 0 Å². The van der Waals surface area contributed by atoms with E-state index in [1.165, 1.54) is 11.3 Å². The molecule has 2 heterocycles. The van der Waals surface area contributed by atoms with E-state index in [9.17, 15) is 4.79 Å². The number of ketones is 1. The lowest BCUT2D eigenvalue weighted by atomic mass is 9.99. The summed E-state index contributed by atoms with van der Waals surface area (Å²) in [6.45, 7) is 0. The molecule has 1 unspecified atom stereocenters. The molecule has 6 heteroatoms. The smallest absolute Gasteiger partial charge is 0.214 e. The molecule has 1 aromatic carbocycles. The van der Waals surface area contributed by atoms with Crippen LogP contribution in [0.5, 0.6) is 5.75 Å². The first-order valence-corrected chi connectivity index (χ1v) is 7.91. The van der Waals surface area contributed by atoms with Crippen LogP contribution in [-0.4, -0.2) is 19.9 Å². The second-order valence-corrected chi connectivity index (χ2v) is 6.13. The number of carbonyl (C=O) groups is 1. The molecule has 22 heavy (non-hydrogen) atoms. The molecule has 0 bridgehead atoms. The summed E-state index contributed by atoms with van der Waals surface area (Å²) in [5.74, 6) is 0.960.